The van der Waals surface area contributed by atoms with Crippen molar-refractivity contribution in [2.75, 3.05) is 0 Å². The van der Waals surface area contributed by atoms with Crippen molar-refractivity contribution < 1.29 is 58.3 Å². The lowest BCUT2D eigenvalue weighted by molar-refractivity contribution is -0.207. The molecule has 0 aromatic heterocycles. The third-order valence-electron chi connectivity index (χ3n) is 2.91. The summed E-state index contributed by atoms with van der Waals surface area (Å²) < 4.78 is 128. The number of rotatable bonds is 9. The average molecular weight is 392 g/mol. The van der Waals surface area contributed by atoms with Crippen LogP contribution < -0.4 is 0 Å². The number of halogens is 10. The lowest BCUT2D eigenvalue weighted by atomic mass is 9.94. The van der Waals surface area contributed by atoms with Crippen molar-refractivity contribution in [3.63, 3.8) is 0 Å². The zero-order valence-corrected chi connectivity index (χ0v) is 12.2. The third-order valence-corrected chi connectivity index (χ3v) is 2.91. The maximum atomic E-state index is 13.3. The van der Waals surface area contributed by atoms with E-state index in [0.29, 0.717) is 0 Å². The number of carbonyl (C=O) groups is 3. The second kappa shape index (κ2) is 7.28. The first-order valence-electron chi connectivity index (χ1n) is 6.44. The zero-order chi connectivity index (χ0) is 20.4. The molecule has 25 heavy (non-hydrogen) atoms. The molecule has 1 unspecified atom stereocenters. The monoisotopic (exact) mass is 392 g/mol. The molecule has 0 fully saturated rings. The molecule has 0 rings (SSSR count). The highest BCUT2D eigenvalue weighted by Crippen LogP contribution is 2.39. The molecule has 0 aliphatic heterocycles. The van der Waals surface area contributed by atoms with E-state index in [1.165, 1.54) is 6.92 Å². The van der Waals surface area contributed by atoms with E-state index in [-0.39, 0.29) is 12.8 Å². The molecule has 0 saturated carbocycles. The summed E-state index contributed by atoms with van der Waals surface area (Å²) in [6.07, 6.45) is -11.5. The summed E-state index contributed by atoms with van der Waals surface area (Å²) in [7, 11) is 0. The number of hydrogen-bond donors (Lipinski definition) is 0. The van der Waals surface area contributed by atoms with E-state index in [0.717, 1.165) is 0 Å². The van der Waals surface area contributed by atoms with Crippen molar-refractivity contribution in [3.05, 3.63) is 0 Å². The van der Waals surface area contributed by atoms with E-state index < -0.39 is 53.9 Å². The molecule has 0 aromatic carbocycles. The van der Waals surface area contributed by atoms with Crippen LogP contribution in [0.4, 0.5) is 43.9 Å². The fourth-order valence-electron chi connectivity index (χ4n) is 1.50. The van der Waals surface area contributed by atoms with E-state index in [1.807, 2.05) is 0 Å². The minimum absolute atomic E-state index is 0.0815. The summed E-state index contributed by atoms with van der Waals surface area (Å²) in [5.41, 5.74) is 0. The van der Waals surface area contributed by atoms with Crippen LogP contribution in [0.15, 0.2) is 0 Å². The molecular formula is C12H10F10O3. The van der Waals surface area contributed by atoms with Crippen LogP contribution in [0.3, 0.4) is 0 Å². The average Bonchev–Trinajstić information content (AvgIpc) is 2.48. The maximum absolute atomic E-state index is 13.3. The van der Waals surface area contributed by atoms with Crippen molar-refractivity contribution in [2.45, 2.75) is 56.3 Å². The summed E-state index contributed by atoms with van der Waals surface area (Å²) in [5, 5.41) is 0. The van der Waals surface area contributed by atoms with Crippen LogP contribution in [0.5, 0.6) is 0 Å². The zero-order valence-electron chi connectivity index (χ0n) is 12.2. The molecule has 0 radical (unpaired) electrons. The molecule has 0 aliphatic carbocycles. The molecule has 0 aromatic rings. The lowest BCUT2D eigenvalue weighted by Crippen LogP contribution is -2.59. The molecular weight excluding hydrogens is 382 g/mol. The van der Waals surface area contributed by atoms with E-state index in [2.05, 4.69) is 0 Å². The lowest BCUT2D eigenvalue weighted by Gasteiger charge is -2.25. The SMILES string of the molecule is CCCCC(F)C(F)(F)C(=O)C(F)(F)C(=O)C(F)(F)C(=O)C(F)(F)F. The Hall–Kier alpha value is -1.69. The third kappa shape index (κ3) is 4.69. The summed E-state index contributed by atoms with van der Waals surface area (Å²) in [6.45, 7) is 1.37. The van der Waals surface area contributed by atoms with Crippen LogP contribution in [-0.2, 0) is 14.4 Å². The van der Waals surface area contributed by atoms with Crippen LogP contribution in [0.1, 0.15) is 26.2 Å². The van der Waals surface area contributed by atoms with Gasteiger partial charge in [-0.2, -0.15) is 39.5 Å². The number of alkyl halides is 10. The van der Waals surface area contributed by atoms with Gasteiger partial charge in [0.15, 0.2) is 6.17 Å². The fourth-order valence-corrected chi connectivity index (χ4v) is 1.50. The minimum atomic E-state index is -6.51. The first-order valence-corrected chi connectivity index (χ1v) is 6.44. The number of carbonyl (C=O) groups excluding carboxylic acids is 3. The van der Waals surface area contributed by atoms with Gasteiger partial charge in [0.25, 0.3) is 11.6 Å². The van der Waals surface area contributed by atoms with Gasteiger partial charge in [0, 0.05) is 0 Å². The van der Waals surface area contributed by atoms with Crippen LogP contribution >= 0.6 is 0 Å². The van der Waals surface area contributed by atoms with Crippen LogP contribution in [0.25, 0.3) is 0 Å². The Labute approximate surface area is 133 Å². The molecule has 0 saturated heterocycles. The normalized spacial score (nSPS) is 15.0. The van der Waals surface area contributed by atoms with Crippen LogP contribution in [0.2, 0.25) is 0 Å². The van der Waals surface area contributed by atoms with Gasteiger partial charge in [0.1, 0.15) is 0 Å². The maximum Gasteiger partial charge on any atom is 0.456 e. The fraction of sp³-hybridized carbons (Fsp3) is 0.750. The molecule has 1 atom stereocenters. The number of ketones is 3. The van der Waals surface area contributed by atoms with Crippen LogP contribution in [-0.4, -0.2) is 47.5 Å². The van der Waals surface area contributed by atoms with Crippen molar-refractivity contribution >= 4 is 17.3 Å². The summed E-state index contributed by atoms with van der Waals surface area (Å²) in [4.78, 5) is 32.1. The first-order chi connectivity index (χ1) is 10.9. The van der Waals surface area contributed by atoms with E-state index >= 15 is 0 Å². The predicted molar refractivity (Wildman–Crippen MR) is 60.3 cm³/mol. The molecule has 146 valence electrons. The highest BCUT2D eigenvalue weighted by atomic mass is 19.4. The van der Waals surface area contributed by atoms with E-state index in [4.69, 9.17) is 0 Å². The Kier molecular flexibility index (Phi) is 6.79. The Morgan fingerprint density at radius 3 is 1.52 bits per heavy atom. The first kappa shape index (κ1) is 23.3. The molecule has 13 heteroatoms. The van der Waals surface area contributed by atoms with Gasteiger partial charge in [0.05, 0.1) is 0 Å². The van der Waals surface area contributed by atoms with Gasteiger partial charge in [-0.3, -0.25) is 14.4 Å². The van der Waals surface area contributed by atoms with Gasteiger partial charge < -0.3 is 0 Å². The van der Waals surface area contributed by atoms with Gasteiger partial charge in [-0.1, -0.05) is 19.8 Å². The van der Waals surface area contributed by atoms with Crippen molar-refractivity contribution in [1.29, 1.82) is 0 Å². The summed E-state index contributed by atoms with van der Waals surface area (Å²) in [5.74, 6) is -31.1. The Bertz CT molecular complexity index is 538. The predicted octanol–water partition coefficient (Wildman–Crippen LogP) is 3.69. The van der Waals surface area contributed by atoms with E-state index in [9.17, 15) is 58.3 Å². The van der Waals surface area contributed by atoms with Gasteiger partial charge >= 0.3 is 29.7 Å². The highest BCUT2D eigenvalue weighted by molar-refractivity contribution is 6.22. The molecule has 0 amide bonds. The van der Waals surface area contributed by atoms with Crippen molar-refractivity contribution in [3.8, 4) is 0 Å². The molecule has 0 bridgehead atoms. The molecule has 0 spiro atoms. The number of hydrogen-bond acceptors (Lipinski definition) is 3. The molecule has 0 aliphatic rings. The standard InChI is InChI=1S/C12H10F10O3/c1-2-3-4-5(13)9(14,15)6(23)10(16,17)7(24)11(18,19)8(25)12(20,21)22/h5H,2-4H2,1H3. The summed E-state index contributed by atoms with van der Waals surface area (Å²) >= 11 is 0. The van der Waals surface area contributed by atoms with Crippen LogP contribution in [0, 0.1) is 0 Å². The van der Waals surface area contributed by atoms with Gasteiger partial charge in [0.2, 0.25) is 0 Å². The topological polar surface area (TPSA) is 51.2 Å². The van der Waals surface area contributed by atoms with Gasteiger partial charge in [-0.25, -0.2) is 4.39 Å². The molecule has 3 nitrogen and oxygen atoms in total. The summed E-state index contributed by atoms with van der Waals surface area (Å²) in [6, 6.07) is 0. The minimum Gasteiger partial charge on any atom is -0.285 e. The van der Waals surface area contributed by atoms with E-state index in [1.54, 1.807) is 0 Å². The van der Waals surface area contributed by atoms with Crippen molar-refractivity contribution in [2.24, 2.45) is 0 Å². The Morgan fingerprint density at radius 1 is 0.760 bits per heavy atom. The molecule has 0 heterocycles. The molecule has 0 N–H and O–H groups in total. The second-order valence-electron chi connectivity index (χ2n) is 4.87. The quantitative estimate of drug-likeness (QED) is 0.444. The van der Waals surface area contributed by atoms with Gasteiger partial charge in [-0.15, -0.1) is 0 Å². The smallest absolute Gasteiger partial charge is 0.285 e. The van der Waals surface area contributed by atoms with Crippen molar-refractivity contribution in [1.82, 2.24) is 0 Å². The number of Topliss-reactive ketones (excluding diaryl/α,β-unsaturated/α-hetero) is 3. The van der Waals surface area contributed by atoms with Gasteiger partial charge in [-0.05, 0) is 6.42 Å². The second-order valence-corrected chi connectivity index (χ2v) is 4.87. The number of unbranched alkanes of at least 4 members (excludes halogenated alkanes) is 1. The Morgan fingerprint density at radius 2 is 1.16 bits per heavy atom. The largest absolute Gasteiger partial charge is 0.456 e. The highest BCUT2D eigenvalue weighted by Gasteiger charge is 2.71. The Balaban J connectivity index is 5.71.